The molecule has 2 aromatic rings. The number of methoxy groups -OCH3 is 1. The lowest BCUT2D eigenvalue weighted by molar-refractivity contribution is 0.0729. The van der Waals surface area contributed by atoms with Crippen LogP contribution in [0, 0.1) is 0 Å². The molecule has 0 fully saturated rings. The first-order chi connectivity index (χ1) is 10.8. The van der Waals surface area contributed by atoms with Gasteiger partial charge in [0, 0.05) is 6.07 Å². The van der Waals surface area contributed by atoms with E-state index in [0.29, 0.717) is 0 Å². The molecule has 2 aromatic carbocycles. The summed E-state index contributed by atoms with van der Waals surface area (Å²) in [6.07, 6.45) is 0. The van der Waals surface area contributed by atoms with Crippen LogP contribution < -0.4 is 9.47 Å². The van der Waals surface area contributed by atoms with Gasteiger partial charge in [0.05, 0.1) is 12.7 Å². The molecule has 7 nitrogen and oxygen atoms in total. The van der Waals surface area contributed by atoms with E-state index in [4.69, 9.17) is 21.1 Å². The topological polar surface area (TPSA) is 110 Å². The summed E-state index contributed by atoms with van der Waals surface area (Å²) >= 11 is 5.80. The van der Waals surface area contributed by atoms with Crippen molar-refractivity contribution in [1.82, 2.24) is 0 Å². The molecule has 0 heterocycles. The Morgan fingerprint density at radius 1 is 1.22 bits per heavy atom. The molecule has 23 heavy (non-hydrogen) atoms. The molecule has 0 aromatic heterocycles. The standard InChI is InChI=1S/C14H11ClO7S/c1-21-13-10(23(18,19)20)7-9(12(16)11(13)15)22-14(17)8-5-3-2-4-6-8/h2-7,16H,1H3,(H,18,19,20). The summed E-state index contributed by atoms with van der Waals surface area (Å²) < 4.78 is 41.7. The SMILES string of the molecule is COc1c(S(=O)(=O)O)cc(OC(=O)c2ccccc2)c(O)c1Cl. The summed E-state index contributed by atoms with van der Waals surface area (Å²) in [6, 6.07) is 8.57. The lowest BCUT2D eigenvalue weighted by atomic mass is 10.2. The van der Waals surface area contributed by atoms with Crippen LogP contribution in [0.4, 0.5) is 0 Å². The van der Waals surface area contributed by atoms with Gasteiger partial charge >= 0.3 is 5.97 Å². The average molecular weight is 359 g/mol. The molecule has 0 atom stereocenters. The molecule has 0 aliphatic carbocycles. The Labute approximate surface area is 136 Å². The quantitative estimate of drug-likeness (QED) is 0.491. The summed E-state index contributed by atoms with van der Waals surface area (Å²) in [6.45, 7) is 0. The zero-order valence-electron chi connectivity index (χ0n) is 11.7. The second-order valence-corrected chi connectivity index (χ2v) is 6.07. The highest BCUT2D eigenvalue weighted by Crippen LogP contribution is 2.45. The number of phenolic OH excluding ortho intramolecular Hbond substituents is 1. The van der Waals surface area contributed by atoms with Gasteiger partial charge in [-0.3, -0.25) is 4.55 Å². The number of hydrogen-bond donors (Lipinski definition) is 2. The van der Waals surface area contributed by atoms with E-state index >= 15 is 0 Å². The van der Waals surface area contributed by atoms with Crippen molar-refractivity contribution in [3.05, 3.63) is 47.0 Å². The Bertz CT molecular complexity index is 847. The highest BCUT2D eigenvalue weighted by molar-refractivity contribution is 7.86. The highest BCUT2D eigenvalue weighted by Gasteiger charge is 2.26. The molecular weight excluding hydrogens is 348 g/mol. The van der Waals surface area contributed by atoms with Crippen molar-refractivity contribution in [2.45, 2.75) is 4.90 Å². The molecule has 0 spiro atoms. The van der Waals surface area contributed by atoms with Crippen molar-refractivity contribution in [3.63, 3.8) is 0 Å². The number of hydrogen-bond acceptors (Lipinski definition) is 6. The fourth-order valence-electron chi connectivity index (χ4n) is 1.77. The van der Waals surface area contributed by atoms with Crippen molar-refractivity contribution in [2.75, 3.05) is 7.11 Å². The molecule has 2 N–H and O–H groups in total. The monoisotopic (exact) mass is 358 g/mol. The number of esters is 1. The first-order valence-electron chi connectivity index (χ1n) is 6.10. The smallest absolute Gasteiger partial charge is 0.343 e. The Balaban J connectivity index is 2.52. The number of aromatic hydroxyl groups is 1. The molecular formula is C14H11ClO7S. The van der Waals surface area contributed by atoms with Crippen LogP contribution >= 0.6 is 11.6 Å². The van der Waals surface area contributed by atoms with Crippen LogP contribution in [0.25, 0.3) is 0 Å². The highest BCUT2D eigenvalue weighted by atomic mass is 35.5. The van der Waals surface area contributed by atoms with Gasteiger partial charge in [-0.25, -0.2) is 4.79 Å². The molecule has 2 rings (SSSR count). The fourth-order valence-corrected chi connectivity index (χ4v) is 2.77. The second kappa shape index (κ2) is 6.45. The molecule has 0 bridgehead atoms. The molecule has 0 amide bonds. The van der Waals surface area contributed by atoms with Crippen LogP contribution in [0.1, 0.15) is 10.4 Å². The van der Waals surface area contributed by atoms with E-state index in [0.717, 1.165) is 13.2 Å². The first-order valence-corrected chi connectivity index (χ1v) is 7.91. The van der Waals surface area contributed by atoms with Crippen molar-refractivity contribution in [2.24, 2.45) is 0 Å². The maximum atomic E-state index is 12.0. The summed E-state index contributed by atoms with van der Waals surface area (Å²) in [5.41, 5.74) is 0.173. The minimum atomic E-state index is -4.72. The van der Waals surface area contributed by atoms with E-state index in [1.54, 1.807) is 18.2 Å². The Morgan fingerprint density at radius 3 is 2.35 bits per heavy atom. The van der Waals surface area contributed by atoms with Crippen LogP contribution in [0.15, 0.2) is 41.3 Å². The molecule has 122 valence electrons. The molecule has 0 aliphatic rings. The zero-order valence-corrected chi connectivity index (χ0v) is 13.3. The number of phenols is 1. The molecule has 0 saturated carbocycles. The third-order valence-corrected chi connectivity index (χ3v) is 4.03. The van der Waals surface area contributed by atoms with Crippen molar-refractivity contribution >= 4 is 27.7 Å². The maximum Gasteiger partial charge on any atom is 0.343 e. The van der Waals surface area contributed by atoms with Crippen LogP contribution in [0.5, 0.6) is 17.2 Å². The fraction of sp³-hybridized carbons (Fsp3) is 0.0714. The van der Waals surface area contributed by atoms with Gasteiger partial charge in [-0.2, -0.15) is 8.42 Å². The predicted octanol–water partition coefficient (Wildman–Crippen LogP) is 2.52. The Hall–Kier alpha value is -2.29. The van der Waals surface area contributed by atoms with Crippen LogP contribution in [-0.4, -0.2) is 31.2 Å². The maximum absolute atomic E-state index is 12.0. The van der Waals surface area contributed by atoms with E-state index in [-0.39, 0.29) is 5.56 Å². The largest absolute Gasteiger partial charge is 0.503 e. The van der Waals surface area contributed by atoms with Gasteiger partial charge in [0.15, 0.2) is 17.2 Å². The van der Waals surface area contributed by atoms with Crippen molar-refractivity contribution in [1.29, 1.82) is 0 Å². The summed E-state index contributed by atoms with van der Waals surface area (Å²) in [5, 5.41) is 9.41. The van der Waals surface area contributed by atoms with Gasteiger partial charge in [-0.1, -0.05) is 29.8 Å². The summed E-state index contributed by atoms with van der Waals surface area (Å²) in [4.78, 5) is 11.2. The van der Waals surface area contributed by atoms with Gasteiger partial charge in [-0.05, 0) is 12.1 Å². The normalized spacial score (nSPS) is 11.1. The van der Waals surface area contributed by atoms with Gasteiger partial charge in [0.2, 0.25) is 0 Å². The van der Waals surface area contributed by atoms with E-state index in [2.05, 4.69) is 0 Å². The first kappa shape index (κ1) is 17.1. The van der Waals surface area contributed by atoms with E-state index in [1.807, 2.05) is 0 Å². The average Bonchev–Trinajstić information content (AvgIpc) is 2.51. The van der Waals surface area contributed by atoms with Gasteiger partial charge in [0.25, 0.3) is 10.1 Å². The Morgan fingerprint density at radius 2 is 1.83 bits per heavy atom. The number of rotatable bonds is 4. The zero-order chi connectivity index (χ0) is 17.2. The number of carbonyl (C=O) groups is 1. The predicted molar refractivity (Wildman–Crippen MR) is 80.9 cm³/mol. The number of benzene rings is 2. The van der Waals surface area contributed by atoms with E-state index in [9.17, 15) is 22.9 Å². The Kier molecular flexibility index (Phi) is 4.79. The lowest BCUT2D eigenvalue weighted by Gasteiger charge is -2.13. The second-order valence-electron chi connectivity index (χ2n) is 4.30. The van der Waals surface area contributed by atoms with Crippen LogP contribution in [0.2, 0.25) is 5.02 Å². The third kappa shape index (κ3) is 3.55. The third-order valence-electron chi connectivity index (χ3n) is 2.82. The summed E-state index contributed by atoms with van der Waals surface area (Å²) in [5.74, 6) is -2.54. The van der Waals surface area contributed by atoms with E-state index < -0.39 is 43.3 Å². The van der Waals surface area contributed by atoms with Crippen molar-refractivity contribution in [3.8, 4) is 17.2 Å². The summed E-state index contributed by atoms with van der Waals surface area (Å²) in [7, 11) is -3.62. The lowest BCUT2D eigenvalue weighted by Crippen LogP contribution is -2.10. The van der Waals surface area contributed by atoms with Crippen molar-refractivity contribution < 1.29 is 32.3 Å². The van der Waals surface area contributed by atoms with Gasteiger partial charge in [0.1, 0.15) is 9.92 Å². The number of carbonyl (C=O) groups excluding carboxylic acids is 1. The minimum Gasteiger partial charge on any atom is -0.503 e. The number of ether oxygens (including phenoxy) is 2. The van der Waals surface area contributed by atoms with E-state index in [1.165, 1.54) is 12.1 Å². The van der Waals surface area contributed by atoms with Gasteiger partial charge < -0.3 is 14.6 Å². The van der Waals surface area contributed by atoms with Crippen LogP contribution in [-0.2, 0) is 10.1 Å². The minimum absolute atomic E-state index is 0.173. The molecule has 0 aliphatic heterocycles. The van der Waals surface area contributed by atoms with Gasteiger partial charge in [-0.15, -0.1) is 0 Å². The molecule has 0 radical (unpaired) electrons. The number of halogens is 1. The molecule has 9 heteroatoms. The van der Waals surface area contributed by atoms with Crippen LogP contribution in [0.3, 0.4) is 0 Å². The molecule has 0 saturated heterocycles. The molecule has 0 unspecified atom stereocenters.